The van der Waals surface area contributed by atoms with Crippen LogP contribution in [-0.4, -0.2) is 56.2 Å². The van der Waals surface area contributed by atoms with Gasteiger partial charge in [-0.2, -0.15) is 0 Å². The molecule has 0 atom stereocenters. The van der Waals surface area contributed by atoms with Crippen LogP contribution in [0.1, 0.15) is 5.69 Å². The molecular formula is C13H21N3O2. The second kappa shape index (κ2) is 8.60. The van der Waals surface area contributed by atoms with Crippen LogP contribution in [0.2, 0.25) is 0 Å². The monoisotopic (exact) mass is 251 g/mol. The van der Waals surface area contributed by atoms with Crippen molar-refractivity contribution in [3.8, 4) is 0 Å². The Balaban J connectivity index is 2.19. The molecule has 1 rings (SSSR count). The Morgan fingerprint density at radius 1 is 1.50 bits per heavy atom. The molecule has 0 saturated heterocycles. The topological polar surface area (TPSA) is 54.5 Å². The van der Waals surface area contributed by atoms with E-state index in [1.165, 1.54) is 0 Å². The quantitative estimate of drug-likeness (QED) is 0.676. The second-order valence-electron chi connectivity index (χ2n) is 4.06. The molecule has 0 spiro atoms. The van der Waals surface area contributed by atoms with Crippen LogP contribution in [0.25, 0.3) is 0 Å². The normalized spacial score (nSPS) is 10.3. The van der Waals surface area contributed by atoms with Crippen molar-refractivity contribution in [2.75, 3.05) is 40.4 Å². The Morgan fingerprint density at radius 3 is 3.00 bits per heavy atom. The summed E-state index contributed by atoms with van der Waals surface area (Å²) < 4.78 is 4.89. The fourth-order valence-corrected chi connectivity index (χ4v) is 1.46. The molecule has 0 aliphatic carbocycles. The van der Waals surface area contributed by atoms with Gasteiger partial charge in [-0.15, -0.1) is 0 Å². The highest BCUT2D eigenvalue weighted by atomic mass is 16.5. The molecule has 100 valence electrons. The maximum Gasteiger partial charge on any atom is 0.236 e. The molecule has 0 radical (unpaired) electrons. The Morgan fingerprint density at radius 2 is 2.33 bits per heavy atom. The fraction of sp³-hybridized carbons (Fsp3) is 0.538. The average molecular weight is 251 g/mol. The summed E-state index contributed by atoms with van der Waals surface area (Å²) in [7, 11) is 3.45. The summed E-state index contributed by atoms with van der Waals surface area (Å²) in [6, 6.07) is 5.81. The van der Waals surface area contributed by atoms with Crippen LogP contribution >= 0.6 is 0 Å². The van der Waals surface area contributed by atoms with Gasteiger partial charge in [-0.25, -0.2) is 0 Å². The number of carbonyl (C=O) groups excluding carboxylic acids is 1. The van der Waals surface area contributed by atoms with Gasteiger partial charge in [-0.1, -0.05) is 6.07 Å². The molecule has 18 heavy (non-hydrogen) atoms. The van der Waals surface area contributed by atoms with E-state index in [2.05, 4.69) is 10.3 Å². The van der Waals surface area contributed by atoms with E-state index < -0.39 is 0 Å². The summed E-state index contributed by atoms with van der Waals surface area (Å²) in [6.45, 7) is 2.34. The van der Waals surface area contributed by atoms with Gasteiger partial charge in [0.2, 0.25) is 5.91 Å². The Bertz CT molecular complexity index is 343. The molecule has 0 saturated carbocycles. The van der Waals surface area contributed by atoms with Crippen molar-refractivity contribution in [2.24, 2.45) is 0 Å². The van der Waals surface area contributed by atoms with Crippen molar-refractivity contribution in [3.05, 3.63) is 30.1 Å². The van der Waals surface area contributed by atoms with Crippen LogP contribution in [0.5, 0.6) is 0 Å². The molecule has 0 aromatic carbocycles. The zero-order valence-electron chi connectivity index (χ0n) is 11.1. The van der Waals surface area contributed by atoms with Gasteiger partial charge in [0.05, 0.1) is 13.2 Å². The summed E-state index contributed by atoms with van der Waals surface area (Å²) in [6.07, 6.45) is 2.55. The SMILES string of the molecule is COCCNCC(=O)N(C)CCc1ccccn1. The maximum atomic E-state index is 11.7. The van der Waals surface area contributed by atoms with Crippen molar-refractivity contribution >= 4 is 5.91 Å². The Kier molecular flexibility index (Phi) is 6.98. The van der Waals surface area contributed by atoms with Gasteiger partial charge in [0, 0.05) is 45.6 Å². The van der Waals surface area contributed by atoms with E-state index in [0.29, 0.717) is 26.2 Å². The molecule has 1 heterocycles. The highest BCUT2D eigenvalue weighted by Crippen LogP contribution is 1.96. The first-order chi connectivity index (χ1) is 8.74. The highest BCUT2D eigenvalue weighted by Gasteiger charge is 2.07. The summed E-state index contributed by atoms with van der Waals surface area (Å²) in [5.41, 5.74) is 1.00. The molecule has 1 aromatic rings. The van der Waals surface area contributed by atoms with Crippen LogP contribution in [0, 0.1) is 0 Å². The third-order valence-corrected chi connectivity index (χ3v) is 2.61. The van der Waals surface area contributed by atoms with E-state index in [4.69, 9.17) is 4.74 Å². The minimum Gasteiger partial charge on any atom is -0.383 e. The van der Waals surface area contributed by atoms with Gasteiger partial charge in [0.25, 0.3) is 0 Å². The predicted octanol–water partition coefficient (Wildman–Crippen LogP) is 0.319. The van der Waals surface area contributed by atoms with Crippen LogP contribution in [-0.2, 0) is 16.0 Å². The number of amides is 1. The number of hydrogen-bond acceptors (Lipinski definition) is 4. The maximum absolute atomic E-state index is 11.7. The largest absolute Gasteiger partial charge is 0.383 e. The summed E-state index contributed by atoms with van der Waals surface area (Å²) >= 11 is 0. The van der Waals surface area contributed by atoms with E-state index in [0.717, 1.165) is 12.1 Å². The van der Waals surface area contributed by atoms with E-state index in [1.807, 2.05) is 25.2 Å². The molecule has 1 amide bonds. The molecule has 0 aliphatic rings. The number of rotatable bonds is 8. The minimum atomic E-state index is 0.0852. The number of carbonyl (C=O) groups is 1. The molecule has 0 bridgehead atoms. The average Bonchev–Trinajstić information content (AvgIpc) is 2.42. The van der Waals surface area contributed by atoms with Gasteiger partial charge in [0.15, 0.2) is 0 Å². The third-order valence-electron chi connectivity index (χ3n) is 2.61. The second-order valence-corrected chi connectivity index (χ2v) is 4.06. The molecule has 0 fully saturated rings. The predicted molar refractivity (Wildman–Crippen MR) is 70.3 cm³/mol. The molecule has 0 aliphatic heterocycles. The first-order valence-corrected chi connectivity index (χ1v) is 6.07. The van der Waals surface area contributed by atoms with E-state index in [9.17, 15) is 4.79 Å². The number of pyridine rings is 1. The number of methoxy groups -OCH3 is 1. The van der Waals surface area contributed by atoms with Gasteiger partial charge in [-0.3, -0.25) is 9.78 Å². The lowest BCUT2D eigenvalue weighted by Crippen LogP contribution is -2.37. The molecule has 5 nitrogen and oxygen atoms in total. The van der Waals surface area contributed by atoms with Crippen LogP contribution in [0.15, 0.2) is 24.4 Å². The minimum absolute atomic E-state index is 0.0852. The van der Waals surface area contributed by atoms with Gasteiger partial charge < -0.3 is 15.0 Å². The first-order valence-electron chi connectivity index (χ1n) is 6.07. The summed E-state index contributed by atoms with van der Waals surface area (Å²) in [4.78, 5) is 17.7. The third kappa shape index (κ3) is 5.75. The number of hydrogen-bond donors (Lipinski definition) is 1. The van der Waals surface area contributed by atoms with Gasteiger partial charge in [0.1, 0.15) is 0 Å². The summed E-state index contributed by atoms with van der Waals surface area (Å²) in [5.74, 6) is 0.0852. The molecular weight excluding hydrogens is 230 g/mol. The van der Waals surface area contributed by atoms with Crippen molar-refractivity contribution in [2.45, 2.75) is 6.42 Å². The Hall–Kier alpha value is -1.46. The van der Waals surface area contributed by atoms with Crippen molar-refractivity contribution < 1.29 is 9.53 Å². The Labute approximate surface area is 108 Å². The van der Waals surface area contributed by atoms with Crippen LogP contribution in [0.3, 0.4) is 0 Å². The fourth-order valence-electron chi connectivity index (χ4n) is 1.46. The van der Waals surface area contributed by atoms with Gasteiger partial charge >= 0.3 is 0 Å². The van der Waals surface area contributed by atoms with Crippen molar-refractivity contribution in [1.29, 1.82) is 0 Å². The number of nitrogens with one attached hydrogen (secondary N) is 1. The standard InChI is InChI=1S/C13H21N3O2/c1-16(13(17)11-14-8-10-18-2)9-6-12-5-3-4-7-15-12/h3-5,7,14H,6,8-11H2,1-2H3. The van der Waals surface area contributed by atoms with Crippen molar-refractivity contribution in [3.63, 3.8) is 0 Å². The van der Waals surface area contributed by atoms with E-state index in [-0.39, 0.29) is 5.91 Å². The smallest absolute Gasteiger partial charge is 0.236 e. The zero-order valence-corrected chi connectivity index (χ0v) is 11.1. The van der Waals surface area contributed by atoms with E-state index >= 15 is 0 Å². The highest BCUT2D eigenvalue weighted by molar-refractivity contribution is 5.77. The zero-order chi connectivity index (χ0) is 13.2. The van der Waals surface area contributed by atoms with Crippen LogP contribution < -0.4 is 5.32 Å². The number of nitrogens with zero attached hydrogens (tertiary/aromatic N) is 2. The lowest BCUT2D eigenvalue weighted by Gasteiger charge is -2.17. The number of ether oxygens (including phenoxy) is 1. The lowest BCUT2D eigenvalue weighted by molar-refractivity contribution is -0.128. The number of likely N-dealkylation sites (N-methyl/N-ethyl adjacent to an activating group) is 1. The lowest BCUT2D eigenvalue weighted by atomic mass is 10.2. The molecule has 1 aromatic heterocycles. The molecule has 1 N–H and O–H groups in total. The molecule has 5 heteroatoms. The van der Waals surface area contributed by atoms with Gasteiger partial charge in [-0.05, 0) is 12.1 Å². The number of aromatic nitrogens is 1. The molecule has 0 unspecified atom stereocenters. The van der Waals surface area contributed by atoms with Crippen molar-refractivity contribution in [1.82, 2.24) is 15.2 Å². The first kappa shape index (κ1) is 14.6. The van der Waals surface area contributed by atoms with Crippen LogP contribution in [0.4, 0.5) is 0 Å². The summed E-state index contributed by atoms with van der Waals surface area (Å²) in [5, 5.41) is 3.03. The van der Waals surface area contributed by atoms with E-state index in [1.54, 1.807) is 18.2 Å².